The monoisotopic (exact) mass is 328 g/mol. The van der Waals surface area contributed by atoms with Gasteiger partial charge in [-0.3, -0.25) is 9.48 Å². The number of likely N-dealkylation sites (tertiary alicyclic amines) is 1. The van der Waals surface area contributed by atoms with Crippen molar-refractivity contribution in [1.29, 1.82) is 0 Å². The molecule has 0 aromatic carbocycles. The lowest BCUT2D eigenvalue weighted by Gasteiger charge is -2.31. The summed E-state index contributed by atoms with van der Waals surface area (Å²) in [5.41, 5.74) is 1.30. The summed E-state index contributed by atoms with van der Waals surface area (Å²) in [5.74, 6) is -0.926. The third-order valence-corrected chi connectivity index (χ3v) is 4.42. The molecule has 1 aliphatic heterocycles. The van der Waals surface area contributed by atoms with Gasteiger partial charge in [0.1, 0.15) is 11.4 Å². The van der Waals surface area contributed by atoms with Crippen molar-refractivity contribution < 1.29 is 14.7 Å². The van der Waals surface area contributed by atoms with Gasteiger partial charge in [-0.1, -0.05) is 6.07 Å². The van der Waals surface area contributed by atoms with Gasteiger partial charge < -0.3 is 10.0 Å². The SMILES string of the molecule is CCn1cc(C2CCN(C(=O)c3cccc(C(=O)O)n3)CC2)cn1. The number of hydrogen-bond acceptors (Lipinski definition) is 4. The Balaban J connectivity index is 1.64. The van der Waals surface area contributed by atoms with Crippen LogP contribution in [0.2, 0.25) is 0 Å². The lowest BCUT2D eigenvalue weighted by atomic mass is 9.91. The maximum atomic E-state index is 12.5. The average Bonchev–Trinajstić information content (AvgIpc) is 3.10. The van der Waals surface area contributed by atoms with Crippen LogP contribution in [0.3, 0.4) is 0 Å². The number of carboxylic acids is 1. The molecule has 24 heavy (non-hydrogen) atoms. The first-order valence-electron chi connectivity index (χ1n) is 8.10. The Hall–Kier alpha value is -2.70. The van der Waals surface area contributed by atoms with Gasteiger partial charge in [-0.05, 0) is 43.4 Å². The highest BCUT2D eigenvalue weighted by molar-refractivity contribution is 5.94. The van der Waals surface area contributed by atoms with Crippen LogP contribution < -0.4 is 0 Å². The maximum Gasteiger partial charge on any atom is 0.354 e. The van der Waals surface area contributed by atoms with Crippen molar-refractivity contribution in [2.45, 2.75) is 32.2 Å². The zero-order valence-corrected chi connectivity index (χ0v) is 13.6. The third kappa shape index (κ3) is 3.29. The number of piperidine rings is 1. The van der Waals surface area contributed by atoms with Crippen molar-refractivity contribution in [3.8, 4) is 0 Å². The standard InChI is InChI=1S/C17H20N4O3/c1-2-21-11-13(10-18-21)12-6-8-20(9-7-12)16(22)14-4-3-5-15(19-14)17(23)24/h3-5,10-12H,2,6-9H2,1H3,(H,23,24). The summed E-state index contributed by atoms with van der Waals surface area (Å²) >= 11 is 0. The Bertz CT molecular complexity index is 748. The first kappa shape index (κ1) is 16.2. The molecule has 1 saturated heterocycles. The number of rotatable bonds is 4. The highest BCUT2D eigenvalue weighted by Gasteiger charge is 2.26. The van der Waals surface area contributed by atoms with Crippen LogP contribution in [0.5, 0.6) is 0 Å². The normalized spacial score (nSPS) is 15.5. The van der Waals surface area contributed by atoms with Gasteiger partial charge in [0.2, 0.25) is 0 Å². The van der Waals surface area contributed by atoms with Crippen LogP contribution in [0.25, 0.3) is 0 Å². The van der Waals surface area contributed by atoms with E-state index in [1.54, 1.807) is 17.0 Å². The van der Waals surface area contributed by atoms with E-state index in [0.29, 0.717) is 19.0 Å². The molecule has 126 valence electrons. The van der Waals surface area contributed by atoms with Crippen LogP contribution >= 0.6 is 0 Å². The third-order valence-electron chi connectivity index (χ3n) is 4.42. The quantitative estimate of drug-likeness (QED) is 0.927. The van der Waals surface area contributed by atoms with Gasteiger partial charge in [-0.2, -0.15) is 5.10 Å². The van der Waals surface area contributed by atoms with Gasteiger partial charge in [0.05, 0.1) is 6.20 Å². The minimum atomic E-state index is -1.13. The number of nitrogens with zero attached hydrogens (tertiary/aromatic N) is 4. The molecule has 0 atom stereocenters. The Morgan fingerprint density at radius 1 is 1.25 bits per heavy atom. The lowest BCUT2D eigenvalue weighted by Crippen LogP contribution is -2.38. The summed E-state index contributed by atoms with van der Waals surface area (Å²) in [6.45, 7) is 4.18. The van der Waals surface area contributed by atoms with Crippen LogP contribution in [-0.2, 0) is 6.54 Å². The van der Waals surface area contributed by atoms with Crippen molar-refractivity contribution in [3.63, 3.8) is 0 Å². The number of carbonyl (C=O) groups excluding carboxylic acids is 1. The van der Waals surface area contributed by atoms with E-state index in [-0.39, 0.29) is 17.3 Å². The number of aromatic nitrogens is 3. The second kappa shape index (κ2) is 6.82. The van der Waals surface area contributed by atoms with Crippen molar-refractivity contribution >= 4 is 11.9 Å². The Morgan fingerprint density at radius 2 is 1.96 bits per heavy atom. The van der Waals surface area contributed by atoms with Crippen LogP contribution in [0.4, 0.5) is 0 Å². The van der Waals surface area contributed by atoms with E-state index < -0.39 is 5.97 Å². The molecule has 1 fully saturated rings. The van der Waals surface area contributed by atoms with E-state index in [0.717, 1.165) is 19.4 Å². The molecular weight excluding hydrogens is 308 g/mol. The van der Waals surface area contributed by atoms with Crippen LogP contribution in [0.15, 0.2) is 30.6 Å². The topological polar surface area (TPSA) is 88.3 Å². The van der Waals surface area contributed by atoms with Gasteiger partial charge in [0, 0.05) is 25.8 Å². The molecule has 1 aliphatic rings. The fourth-order valence-corrected chi connectivity index (χ4v) is 3.01. The second-order valence-corrected chi connectivity index (χ2v) is 5.91. The smallest absolute Gasteiger partial charge is 0.354 e. The summed E-state index contributed by atoms with van der Waals surface area (Å²) in [7, 11) is 0. The number of aryl methyl sites for hydroxylation is 1. The van der Waals surface area contributed by atoms with Crippen molar-refractivity contribution in [2.24, 2.45) is 0 Å². The molecule has 0 radical (unpaired) electrons. The van der Waals surface area contributed by atoms with E-state index in [1.807, 2.05) is 10.9 Å². The molecule has 1 N–H and O–H groups in total. The zero-order chi connectivity index (χ0) is 17.1. The van der Waals surface area contributed by atoms with Gasteiger partial charge in [-0.25, -0.2) is 9.78 Å². The minimum absolute atomic E-state index is 0.109. The van der Waals surface area contributed by atoms with Crippen molar-refractivity contribution in [1.82, 2.24) is 19.7 Å². The first-order chi connectivity index (χ1) is 11.6. The van der Waals surface area contributed by atoms with E-state index in [4.69, 9.17) is 5.11 Å². The fourth-order valence-electron chi connectivity index (χ4n) is 3.01. The molecule has 0 spiro atoms. The summed E-state index contributed by atoms with van der Waals surface area (Å²) in [6.07, 6.45) is 5.73. The number of amides is 1. The number of hydrogen-bond donors (Lipinski definition) is 1. The first-order valence-corrected chi connectivity index (χ1v) is 8.10. The van der Waals surface area contributed by atoms with Crippen LogP contribution in [-0.4, -0.2) is 49.7 Å². The zero-order valence-electron chi connectivity index (χ0n) is 13.6. The molecule has 7 heteroatoms. The van der Waals surface area contributed by atoms with Crippen LogP contribution in [0, 0.1) is 0 Å². The highest BCUT2D eigenvalue weighted by atomic mass is 16.4. The predicted molar refractivity (Wildman–Crippen MR) is 87.0 cm³/mol. The largest absolute Gasteiger partial charge is 0.477 e. The predicted octanol–water partition coefficient (Wildman–Crippen LogP) is 2.02. The van der Waals surface area contributed by atoms with E-state index in [2.05, 4.69) is 23.2 Å². The number of aromatic carboxylic acids is 1. The van der Waals surface area contributed by atoms with Gasteiger partial charge in [-0.15, -0.1) is 0 Å². The summed E-state index contributed by atoms with van der Waals surface area (Å²) in [6, 6.07) is 4.50. The van der Waals surface area contributed by atoms with E-state index in [9.17, 15) is 9.59 Å². The van der Waals surface area contributed by atoms with Crippen LogP contribution in [0.1, 0.15) is 52.2 Å². The molecular formula is C17H20N4O3. The molecule has 1 amide bonds. The summed E-state index contributed by atoms with van der Waals surface area (Å²) < 4.78 is 1.91. The molecule has 0 saturated carbocycles. The van der Waals surface area contributed by atoms with E-state index >= 15 is 0 Å². The fraction of sp³-hybridized carbons (Fsp3) is 0.412. The van der Waals surface area contributed by atoms with Crippen molar-refractivity contribution in [2.75, 3.05) is 13.1 Å². The Kier molecular flexibility index (Phi) is 4.59. The number of carboxylic acid groups (broad SMARTS) is 1. The number of carbonyl (C=O) groups is 2. The summed E-state index contributed by atoms with van der Waals surface area (Å²) in [4.78, 5) is 29.2. The molecule has 3 rings (SSSR count). The Labute approximate surface area is 139 Å². The van der Waals surface area contributed by atoms with Crippen molar-refractivity contribution in [3.05, 3.63) is 47.5 Å². The van der Waals surface area contributed by atoms with Gasteiger partial charge >= 0.3 is 5.97 Å². The molecule has 0 aliphatic carbocycles. The molecule has 0 bridgehead atoms. The molecule has 2 aromatic rings. The minimum Gasteiger partial charge on any atom is -0.477 e. The molecule has 7 nitrogen and oxygen atoms in total. The molecule has 0 unspecified atom stereocenters. The average molecular weight is 328 g/mol. The number of pyridine rings is 1. The highest BCUT2D eigenvalue weighted by Crippen LogP contribution is 2.28. The lowest BCUT2D eigenvalue weighted by molar-refractivity contribution is 0.0688. The maximum absolute atomic E-state index is 12.5. The molecule has 2 aromatic heterocycles. The second-order valence-electron chi connectivity index (χ2n) is 5.91. The Morgan fingerprint density at radius 3 is 2.58 bits per heavy atom. The van der Waals surface area contributed by atoms with E-state index in [1.165, 1.54) is 11.6 Å². The molecule has 3 heterocycles. The van der Waals surface area contributed by atoms with Gasteiger partial charge in [0.25, 0.3) is 5.91 Å². The van der Waals surface area contributed by atoms with Gasteiger partial charge in [0.15, 0.2) is 0 Å². The summed E-state index contributed by atoms with van der Waals surface area (Å²) in [5, 5.41) is 13.3.